The van der Waals surface area contributed by atoms with Crippen LogP contribution in [0.3, 0.4) is 0 Å². The van der Waals surface area contributed by atoms with Gasteiger partial charge < -0.3 is 10.1 Å². The van der Waals surface area contributed by atoms with Gasteiger partial charge in [-0.15, -0.1) is 0 Å². The fourth-order valence-electron chi connectivity index (χ4n) is 2.91. The number of halogens is 1. The topological polar surface area (TPSA) is 73.4 Å². The number of aromatic nitrogens is 1. The molecule has 1 fully saturated rings. The molecule has 5 nitrogen and oxygen atoms in total. The fourth-order valence-corrected chi connectivity index (χ4v) is 4.42. The zero-order valence-corrected chi connectivity index (χ0v) is 13.4. The van der Waals surface area contributed by atoms with E-state index in [0.29, 0.717) is 5.52 Å². The van der Waals surface area contributed by atoms with Crippen molar-refractivity contribution in [2.24, 2.45) is 0 Å². The zero-order chi connectivity index (χ0) is 16.9. The number of rotatable bonds is 3. The van der Waals surface area contributed by atoms with Gasteiger partial charge in [0, 0.05) is 35.8 Å². The van der Waals surface area contributed by atoms with Crippen LogP contribution >= 0.6 is 0 Å². The first-order valence-corrected chi connectivity index (χ1v) is 8.94. The number of aliphatic hydroxyl groups excluding tert-OH is 1. The summed E-state index contributed by atoms with van der Waals surface area (Å²) in [5, 5.41) is 10.2. The van der Waals surface area contributed by atoms with Crippen molar-refractivity contribution >= 4 is 20.9 Å². The van der Waals surface area contributed by atoms with E-state index in [9.17, 15) is 17.9 Å². The average Bonchev–Trinajstić information content (AvgIpc) is 2.95. The van der Waals surface area contributed by atoms with Gasteiger partial charge in [-0.05, 0) is 35.9 Å². The molecule has 0 radical (unpaired) electrons. The van der Waals surface area contributed by atoms with Gasteiger partial charge >= 0.3 is 0 Å². The van der Waals surface area contributed by atoms with E-state index in [2.05, 4.69) is 4.98 Å². The molecule has 0 saturated carbocycles. The first-order valence-electron chi connectivity index (χ1n) is 7.50. The average molecular weight is 346 g/mol. The lowest BCUT2D eigenvalue weighted by atomic mass is 10.1. The third kappa shape index (κ3) is 2.41. The number of aliphatic hydroxyl groups is 1. The first-order chi connectivity index (χ1) is 11.4. The maximum atomic E-state index is 13.3. The van der Waals surface area contributed by atoms with E-state index in [-0.39, 0.29) is 23.8 Å². The monoisotopic (exact) mass is 346 g/mol. The SMILES string of the molecule is O=S(=O)(c1ccc(-c2c[nH]c3cc(F)ccc23)cc1)N1CC(O)C1. The molecule has 1 aliphatic heterocycles. The largest absolute Gasteiger partial charge is 0.390 e. The molecule has 0 unspecified atom stereocenters. The Morgan fingerprint density at radius 1 is 1.12 bits per heavy atom. The standard InChI is InChI=1S/C17H15FN2O3S/c18-12-3-6-15-16(8-19-17(15)7-12)11-1-4-14(5-2-11)24(22,23)20-9-13(21)10-20/h1-8,13,19,21H,9-10H2. The molecule has 2 aromatic carbocycles. The minimum atomic E-state index is -3.55. The summed E-state index contributed by atoms with van der Waals surface area (Å²) in [5.74, 6) is -0.311. The van der Waals surface area contributed by atoms with Crippen molar-refractivity contribution in [3.8, 4) is 11.1 Å². The quantitative estimate of drug-likeness (QED) is 0.764. The molecule has 1 aromatic heterocycles. The van der Waals surface area contributed by atoms with E-state index in [1.54, 1.807) is 36.5 Å². The van der Waals surface area contributed by atoms with E-state index < -0.39 is 16.1 Å². The normalized spacial score (nSPS) is 16.4. The van der Waals surface area contributed by atoms with Gasteiger partial charge in [-0.2, -0.15) is 4.31 Å². The number of benzene rings is 2. The van der Waals surface area contributed by atoms with Crippen molar-refractivity contribution in [2.75, 3.05) is 13.1 Å². The molecule has 2 heterocycles. The lowest BCUT2D eigenvalue weighted by molar-refractivity contribution is 0.0548. The van der Waals surface area contributed by atoms with Crippen LogP contribution in [0.25, 0.3) is 22.0 Å². The van der Waals surface area contributed by atoms with Gasteiger partial charge in [0.15, 0.2) is 0 Å². The Bertz CT molecular complexity index is 1010. The van der Waals surface area contributed by atoms with Crippen LogP contribution in [0.15, 0.2) is 53.6 Å². The lowest BCUT2D eigenvalue weighted by Crippen LogP contribution is -2.53. The number of β-amino-alcohol motifs (C(OH)–C–C–N with tert-alkyl or cyclic N) is 1. The van der Waals surface area contributed by atoms with Gasteiger partial charge in [0.25, 0.3) is 0 Å². The first kappa shape index (κ1) is 15.3. The summed E-state index contributed by atoms with van der Waals surface area (Å²) < 4.78 is 39.3. The molecular weight excluding hydrogens is 331 g/mol. The Labute approximate surface area is 138 Å². The Balaban J connectivity index is 1.68. The molecule has 0 spiro atoms. The Kier molecular flexibility index (Phi) is 3.45. The van der Waals surface area contributed by atoms with E-state index in [0.717, 1.165) is 16.5 Å². The lowest BCUT2D eigenvalue weighted by Gasteiger charge is -2.34. The number of fused-ring (bicyclic) bond motifs is 1. The van der Waals surface area contributed by atoms with E-state index in [1.807, 2.05) is 0 Å². The molecule has 0 aliphatic carbocycles. The van der Waals surface area contributed by atoms with Crippen molar-refractivity contribution in [1.29, 1.82) is 0 Å². The maximum Gasteiger partial charge on any atom is 0.243 e. The minimum Gasteiger partial charge on any atom is -0.390 e. The van der Waals surface area contributed by atoms with Gasteiger partial charge in [0.05, 0.1) is 11.0 Å². The molecule has 1 saturated heterocycles. The number of H-pyrrole nitrogens is 1. The fraction of sp³-hybridized carbons (Fsp3) is 0.176. The third-order valence-electron chi connectivity index (χ3n) is 4.28. The molecular formula is C17H15FN2O3S. The second kappa shape index (κ2) is 5.41. The van der Waals surface area contributed by atoms with Crippen molar-refractivity contribution in [3.63, 3.8) is 0 Å². The van der Waals surface area contributed by atoms with Gasteiger partial charge in [0.2, 0.25) is 10.0 Å². The molecule has 7 heteroatoms. The summed E-state index contributed by atoms with van der Waals surface area (Å²) in [5.41, 5.74) is 2.42. The van der Waals surface area contributed by atoms with Crippen LogP contribution in [0.5, 0.6) is 0 Å². The van der Waals surface area contributed by atoms with E-state index >= 15 is 0 Å². The zero-order valence-electron chi connectivity index (χ0n) is 12.6. The van der Waals surface area contributed by atoms with Gasteiger partial charge in [0.1, 0.15) is 5.82 Å². The van der Waals surface area contributed by atoms with Crippen LogP contribution < -0.4 is 0 Å². The van der Waals surface area contributed by atoms with Crippen molar-refractivity contribution in [2.45, 2.75) is 11.0 Å². The highest BCUT2D eigenvalue weighted by atomic mass is 32.2. The van der Waals surface area contributed by atoms with Crippen LogP contribution in [-0.2, 0) is 10.0 Å². The predicted octanol–water partition coefficient (Wildman–Crippen LogP) is 2.34. The summed E-state index contributed by atoms with van der Waals surface area (Å²) in [6.45, 7) is 0.274. The van der Waals surface area contributed by atoms with Gasteiger partial charge in [-0.1, -0.05) is 12.1 Å². The van der Waals surface area contributed by atoms with Gasteiger partial charge in [-0.3, -0.25) is 0 Å². The molecule has 0 bridgehead atoms. The highest BCUT2D eigenvalue weighted by Gasteiger charge is 2.35. The Morgan fingerprint density at radius 2 is 1.83 bits per heavy atom. The van der Waals surface area contributed by atoms with Crippen molar-refractivity contribution in [1.82, 2.24) is 9.29 Å². The highest BCUT2D eigenvalue weighted by Crippen LogP contribution is 2.30. The number of hydrogen-bond donors (Lipinski definition) is 2. The number of nitrogens with zero attached hydrogens (tertiary/aromatic N) is 1. The van der Waals surface area contributed by atoms with Crippen molar-refractivity contribution < 1.29 is 17.9 Å². The number of nitrogens with one attached hydrogen (secondary N) is 1. The minimum absolute atomic E-state index is 0.137. The Hall–Kier alpha value is -2.22. The van der Waals surface area contributed by atoms with Crippen LogP contribution in [0.2, 0.25) is 0 Å². The maximum absolute atomic E-state index is 13.3. The molecule has 124 valence electrons. The van der Waals surface area contributed by atoms with Crippen LogP contribution in [0, 0.1) is 5.82 Å². The summed E-state index contributed by atoms with van der Waals surface area (Å²) in [4.78, 5) is 3.22. The molecule has 1 aliphatic rings. The molecule has 3 aromatic rings. The molecule has 4 rings (SSSR count). The second-order valence-electron chi connectivity index (χ2n) is 5.89. The van der Waals surface area contributed by atoms with Crippen LogP contribution in [-0.4, -0.2) is 42.0 Å². The van der Waals surface area contributed by atoms with Crippen LogP contribution in [0.1, 0.15) is 0 Å². The summed E-state index contributed by atoms with van der Waals surface area (Å²) in [6, 6.07) is 11.1. The van der Waals surface area contributed by atoms with E-state index in [1.165, 1.54) is 16.4 Å². The van der Waals surface area contributed by atoms with Crippen molar-refractivity contribution in [3.05, 3.63) is 54.5 Å². The smallest absolute Gasteiger partial charge is 0.243 e. The molecule has 0 amide bonds. The number of sulfonamides is 1. The van der Waals surface area contributed by atoms with E-state index in [4.69, 9.17) is 0 Å². The number of aromatic amines is 1. The third-order valence-corrected chi connectivity index (χ3v) is 6.12. The summed E-state index contributed by atoms with van der Waals surface area (Å²) >= 11 is 0. The highest BCUT2D eigenvalue weighted by molar-refractivity contribution is 7.89. The predicted molar refractivity (Wildman–Crippen MR) is 88.5 cm³/mol. The summed E-state index contributed by atoms with van der Waals surface area (Å²) in [6.07, 6.45) is 1.20. The molecule has 24 heavy (non-hydrogen) atoms. The summed E-state index contributed by atoms with van der Waals surface area (Å²) in [7, 11) is -3.55. The molecule has 2 N–H and O–H groups in total. The number of hydrogen-bond acceptors (Lipinski definition) is 3. The second-order valence-corrected chi connectivity index (χ2v) is 7.83. The molecule has 0 atom stereocenters. The van der Waals surface area contributed by atoms with Crippen LogP contribution in [0.4, 0.5) is 4.39 Å². The van der Waals surface area contributed by atoms with Gasteiger partial charge in [-0.25, -0.2) is 12.8 Å². The Morgan fingerprint density at radius 3 is 2.50 bits per heavy atom.